The maximum Gasteiger partial charge on any atom is 0.203 e. The molecule has 0 spiro atoms. The van der Waals surface area contributed by atoms with E-state index in [9.17, 15) is 4.79 Å². The Bertz CT molecular complexity index is 1200. The second kappa shape index (κ2) is 8.70. The topological polar surface area (TPSA) is 49.7 Å². The van der Waals surface area contributed by atoms with Crippen LogP contribution in [0.5, 0.6) is 17.2 Å². The SMILES string of the molecule is COc1cc(C(=O)c2cn(-c3cccc(C)c3)cc2-c2ccsc2)cc(OC)c1OC. The van der Waals surface area contributed by atoms with Crippen molar-refractivity contribution in [1.29, 1.82) is 0 Å². The van der Waals surface area contributed by atoms with E-state index in [0.717, 1.165) is 22.4 Å². The van der Waals surface area contributed by atoms with Crippen molar-refractivity contribution < 1.29 is 19.0 Å². The Kier molecular flexibility index (Phi) is 5.82. The first-order valence-electron chi connectivity index (χ1n) is 9.72. The number of nitrogens with zero attached hydrogens (tertiary/aromatic N) is 1. The number of hydrogen-bond acceptors (Lipinski definition) is 5. The summed E-state index contributed by atoms with van der Waals surface area (Å²) in [5.41, 5.74) is 5.11. The predicted molar refractivity (Wildman–Crippen MR) is 123 cm³/mol. The maximum absolute atomic E-state index is 13.6. The third kappa shape index (κ3) is 3.94. The standard InChI is InChI=1S/C25H23NO4S/c1-16-6-5-7-19(10-16)26-13-20(17-8-9-31-15-17)21(14-26)24(27)18-11-22(28-2)25(30-4)23(12-18)29-3/h5-15H,1-4H3. The lowest BCUT2D eigenvalue weighted by Gasteiger charge is -2.13. The molecular weight excluding hydrogens is 410 g/mol. The second-order valence-electron chi connectivity index (χ2n) is 7.09. The molecule has 0 aliphatic rings. The van der Waals surface area contributed by atoms with Gasteiger partial charge in [0.15, 0.2) is 17.3 Å². The van der Waals surface area contributed by atoms with Crippen LogP contribution in [0.4, 0.5) is 0 Å². The molecule has 0 aliphatic heterocycles. The number of aromatic nitrogens is 1. The summed E-state index contributed by atoms with van der Waals surface area (Å²) in [6, 6.07) is 13.6. The van der Waals surface area contributed by atoms with Gasteiger partial charge < -0.3 is 18.8 Å². The minimum atomic E-state index is -0.119. The molecule has 0 bridgehead atoms. The fourth-order valence-electron chi connectivity index (χ4n) is 3.59. The second-order valence-corrected chi connectivity index (χ2v) is 7.87. The van der Waals surface area contributed by atoms with Gasteiger partial charge in [0.05, 0.1) is 21.3 Å². The summed E-state index contributed by atoms with van der Waals surface area (Å²) >= 11 is 1.60. The minimum Gasteiger partial charge on any atom is -0.493 e. The third-order valence-electron chi connectivity index (χ3n) is 5.13. The van der Waals surface area contributed by atoms with Crippen molar-refractivity contribution in [1.82, 2.24) is 4.57 Å². The van der Waals surface area contributed by atoms with Crippen LogP contribution in [-0.4, -0.2) is 31.7 Å². The highest BCUT2D eigenvalue weighted by Gasteiger charge is 2.22. The largest absolute Gasteiger partial charge is 0.493 e. The van der Waals surface area contributed by atoms with Crippen LogP contribution in [-0.2, 0) is 0 Å². The van der Waals surface area contributed by atoms with Gasteiger partial charge in [-0.15, -0.1) is 0 Å². The lowest BCUT2D eigenvalue weighted by molar-refractivity contribution is 0.103. The van der Waals surface area contributed by atoms with Gasteiger partial charge in [-0.1, -0.05) is 12.1 Å². The molecule has 158 valence electrons. The zero-order chi connectivity index (χ0) is 22.0. The lowest BCUT2D eigenvalue weighted by atomic mass is 9.99. The Balaban J connectivity index is 1.86. The summed E-state index contributed by atoms with van der Waals surface area (Å²) in [6.45, 7) is 2.05. The van der Waals surface area contributed by atoms with E-state index >= 15 is 0 Å². The molecular formula is C25H23NO4S. The summed E-state index contributed by atoms with van der Waals surface area (Å²) in [6.07, 6.45) is 3.88. The highest BCUT2D eigenvalue weighted by Crippen LogP contribution is 2.39. The van der Waals surface area contributed by atoms with Crippen molar-refractivity contribution >= 4 is 17.1 Å². The summed E-state index contributed by atoms with van der Waals surface area (Å²) < 4.78 is 18.3. The van der Waals surface area contributed by atoms with Gasteiger partial charge in [-0.3, -0.25) is 4.79 Å². The molecule has 2 heterocycles. The van der Waals surface area contributed by atoms with E-state index in [0.29, 0.717) is 28.4 Å². The minimum absolute atomic E-state index is 0.119. The molecule has 0 saturated heterocycles. The highest BCUT2D eigenvalue weighted by molar-refractivity contribution is 7.08. The van der Waals surface area contributed by atoms with E-state index in [4.69, 9.17) is 14.2 Å². The monoisotopic (exact) mass is 433 g/mol. The average Bonchev–Trinajstić information content (AvgIpc) is 3.47. The van der Waals surface area contributed by atoms with Crippen LogP contribution < -0.4 is 14.2 Å². The molecule has 5 nitrogen and oxygen atoms in total. The van der Waals surface area contributed by atoms with Gasteiger partial charge in [0.1, 0.15) is 0 Å². The van der Waals surface area contributed by atoms with Crippen LogP contribution in [0.15, 0.2) is 65.6 Å². The molecule has 0 atom stereocenters. The highest BCUT2D eigenvalue weighted by atomic mass is 32.1. The van der Waals surface area contributed by atoms with Crippen molar-refractivity contribution in [2.24, 2.45) is 0 Å². The van der Waals surface area contributed by atoms with Crippen LogP contribution in [0, 0.1) is 6.92 Å². The average molecular weight is 434 g/mol. The molecule has 0 fully saturated rings. The predicted octanol–water partition coefficient (Wildman–Crippen LogP) is 5.77. The molecule has 0 N–H and O–H groups in total. The molecule has 0 saturated carbocycles. The maximum atomic E-state index is 13.6. The number of rotatable bonds is 7. The van der Waals surface area contributed by atoms with Crippen molar-refractivity contribution in [2.75, 3.05) is 21.3 Å². The zero-order valence-corrected chi connectivity index (χ0v) is 18.7. The van der Waals surface area contributed by atoms with Gasteiger partial charge in [0.2, 0.25) is 5.75 Å². The van der Waals surface area contributed by atoms with Gasteiger partial charge in [-0.05, 0) is 59.1 Å². The number of carbonyl (C=O) groups excluding carboxylic acids is 1. The number of carbonyl (C=O) groups is 1. The van der Waals surface area contributed by atoms with Gasteiger partial charge in [0.25, 0.3) is 0 Å². The van der Waals surface area contributed by atoms with Gasteiger partial charge >= 0.3 is 0 Å². The third-order valence-corrected chi connectivity index (χ3v) is 5.81. The summed E-state index contributed by atoms with van der Waals surface area (Å²) in [4.78, 5) is 13.6. The fourth-order valence-corrected chi connectivity index (χ4v) is 4.24. The Morgan fingerprint density at radius 3 is 2.26 bits per heavy atom. The van der Waals surface area contributed by atoms with Crippen molar-refractivity contribution in [3.63, 3.8) is 0 Å². The number of benzene rings is 2. The quantitative estimate of drug-likeness (QED) is 0.347. The smallest absolute Gasteiger partial charge is 0.203 e. The van der Waals surface area contributed by atoms with Crippen molar-refractivity contribution in [3.8, 4) is 34.1 Å². The zero-order valence-electron chi connectivity index (χ0n) is 17.8. The normalized spacial score (nSPS) is 10.7. The van der Waals surface area contributed by atoms with E-state index < -0.39 is 0 Å². The summed E-state index contributed by atoms with van der Waals surface area (Å²) in [5, 5.41) is 4.05. The molecule has 31 heavy (non-hydrogen) atoms. The number of ether oxygens (including phenoxy) is 3. The molecule has 4 rings (SSSR count). The molecule has 4 aromatic rings. The summed E-state index contributed by atoms with van der Waals surface area (Å²) in [5.74, 6) is 1.23. The molecule has 0 amide bonds. The van der Waals surface area contributed by atoms with Crippen LogP contribution in [0.1, 0.15) is 21.5 Å². The van der Waals surface area contributed by atoms with E-state index in [1.807, 2.05) is 45.9 Å². The van der Waals surface area contributed by atoms with Crippen LogP contribution in [0.2, 0.25) is 0 Å². The molecule has 0 radical (unpaired) electrons. The van der Waals surface area contributed by atoms with Crippen LogP contribution in [0.3, 0.4) is 0 Å². The Hall–Kier alpha value is -3.51. The molecule has 0 aliphatic carbocycles. The Morgan fingerprint density at radius 1 is 0.935 bits per heavy atom. The van der Waals surface area contributed by atoms with Crippen molar-refractivity contribution in [2.45, 2.75) is 6.92 Å². The molecule has 2 aromatic carbocycles. The van der Waals surface area contributed by atoms with Gasteiger partial charge in [0, 0.05) is 34.8 Å². The summed E-state index contributed by atoms with van der Waals surface area (Å²) in [7, 11) is 4.62. The number of ketones is 1. The molecule has 6 heteroatoms. The fraction of sp³-hybridized carbons (Fsp3) is 0.160. The first-order chi connectivity index (χ1) is 15.0. The molecule has 2 aromatic heterocycles. The Labute approximate surface area is 185 Å². The van der Waals surface area contributed by atoms with E-state index in [1.165, 1.54) is 14.2 Å². The number of aryl methyl sites for hydroxylation is 1. The molecule has 0 unspecified atom stereocenters. The number of thiophene rings is 1. The van der Waals surface area contributed by atoms with Crippen molar-refractivity contribution in [3.05, 3.63) is 82.3 Å². The first kappa shape index (κ1) is 20.8. The van der Waals surface area contributed by atoms with Gasteiger partial charge in [-0.25, -0.2) is 0 Å². The van der Waals surface area contributed by atoms with Gasteiger partial charge in [-0.2, -0.15) is 11.3 Å². The van der Waals surface area contributed by atoms with E-state index in [-0.39, 0.29) is 5.78 Å². The number of hydrogen-bond donors (Lipinski definition) is 0. The lowest BCUT2D eigenvalue weighted by Crippen LogP contribution is -2.04. The van der Waals surface area contributed by atoms with E-state index in [2.05, 4.69) is 19.1 Å². The van der Waals surface area contributed by atoms with Crippen LogP contribution in [0.25, 0.3) is 16.8 Å². The Morgan fingerprint density at radius 2 is 1.68 bits per heavy atom. The number of methoxy groups -OCH3 is 3. The van der Waals surface area contributed by atoms with E-state index in [1.54, 1.807) is 30.6 Å². The van der Waals surface area contributed by atoms with Crippen LogP contribution >= 0.6 is 11.3 Å². The first-order valence-corrected chi connectivity index (χ1v) is 10.7.